The van der Waals surface area contributed by atoms with E-state index in [1.54, 1.807) is 0 Å². The van der Waals surface area contributed by atoms with Crippen molar-refractivity contribution in [1.29, 1.82) is 0 Å². The molecule has 3 rings (SSSR count). The minimum atomic E-state index is -1.24. The summed E-state index contributed by atoms with van der Waals surface area (Å²) < 4.78 is 10.5. The number of hydrogen-bond donors (Lipinski definition) is 3. The molecule has 1 aromatic rings. The summed E-state index contributed by atoms with van der Waals surface area (Å²) in [5.74, 6) is -0.740. The van der Waals surface area contributed by atoms with Crippen LogP contribution in [0, 0.1) is 5.92 Å². The molecule has 0 aliphatic heterocycles. The Morgan fingerprint density at radius 2 is 1.86 bits per heavy atom. The van der Waals surface area contributed by atoms with Crippen molar-refractivity contribution in [2.45, 2.75) is 30.9 Å². The summed E-state index contributed by atoms with van der Waals surface area (Å²) in [7, 11) is 0. The van der Waals surface area contributed by atoms with E-state index in [1.807, 2.05) is 30.4 Å². The number of aliphatic hydroxyl groups excluding tert-OH is 1. The number of nitrogens with one attached hydrogen (secondary N) is 1. The molecule has 28 heavy (non-hydrogen) atoms. The van der Waals surface area contributed by atoms with Crippen molar-refractivity contribution in [3.8, 4) is 0 Å². The number of carbonyl (C=O) groups excluding carboxylic acids is 1. The number of carboxylic acid groups (broad SMARTS) is 1. The zero-order valence-corrected chi connectivity index (χ0v) is 15.7. The minimum Gasteiger partial charge on any atom is -0.480 e. The first-order valence-electron chi connectivity index (χ1n) is 9.33. The molecule has 2 unspecified atom stereocenters. The molecule has 2 aliphatic carbocycles. The predicted octanol–water partition coefficient (Wildman–Crippen LogP) is 2.19. The first-order chi connectivity index (χ1) is 13.5. The van der Waals surface area contributed by atoms with Gasteiger partial charge < -0.3 is 25.0 Å². The monoisotopic (exact) mass is 387 g/mol. The molecule has 0 bridgehead atoms. The van der Waals surface area contributed by atoms with Crippen LogP contribution in [0.25, 0.3) is 0 Å². The van der Waals surface area contributed by atoms with E-state index >= 15 is 0 Å². The number of benzene rings is 1. The SMILES string of the molecule is C[C@@H](O)COC[C@H](NC(=O)OCC1c2ccccc2C2C=CC=C[C@@H]21)C(=O)O. The second kappa shape index (κ2) is 9.03. The molecule has 3 N–H and O–H groups in total. The fourth-order valence-electron chi connectivity index (χ4n) is 3.76. The van der Waals surface area contributed by atoms with Crippen LogP contribution in [0.5, 0.6) is 0 Å². The number of ether oxygens (including phenoxy) is 2. The summed E-state index contributed by atoms with van der Waals surface area (Å²) in [6, 6.07) is 6.87. The standard InChI is InChI=1S/C21H25NO6/c1-13(23)10-27-12-19(20(24)25)22-21(26)28-11-18-16-8-4-2-6-14(16)15-7-3-5-9-17(15)18/h2-9,13-14,16,18-19,23H,10-12H2,1H3,(H,22,26)(H,24,25)/t13-,14?,16+,18?,19+/m1/s1. The lowest BCUT2D eigenvalue weighted by molar-refractivity contribution is -0.141. The summed E-state index contributed by atoms with van der Waals surface area (Å²) in [6.07, 6.45) is 6.79. The molecule has 0 aromatic heterocycles. The number of fused-ring (bicyclic) bond motifs is 3. The van der Waals surface area contributed by atoms with Crippen molar-refractivity contribution >= 4 is 12.1 Å². The average Bonchev–Trinajstić information content (AvgIpc) is 2.99. The van der Waals surface area contributed by atoms with E-state index in [0.717, 1.165) is 5.56 Å². The maximum atomic E-state index is 12.2. The maximum Gasteiger partial charge on any atom is 0.407 e. The lowest BCUT2D eigenvalue weighted by Crippen LogP contribution is -2.45. The van der Waals surface area contributed by atoms with E-state index in [4.69, 9.17) is 9.47 Å². The van der Waals surface area contributed by atoms with Crippen molar-refractivity contribution in [2.75, 3.05) is 19.8 Å². The summed E-state index contributed by atoms with van der Waals surface area (Å²) in [4.78, 5) is 23.4. The van der Waals surface area contributed by atoms with Gasteiger partial charge in [0.2, 0.25) is 0 Å². The van der Waals surface area contributed by atoms with Crippen LogP contribution in [-0.2, 0) is 14.3 Å². The van der Waals surface area contributed by atoms with Gasteiger partial charge in [0.05, 0.1) is 19.3 Å². The van der Waals surface area contributed by atoms with Crippen molar-refractivity contribution in [1.82, 2.24) is 5.32 Å². The van der Waals surface area contributed by atoms with E-state index < -0.39 is 24.2 Å². The number of carboxylic acids is 1. The predicted molar refractivity (Wildman–Crippen MR) is 102 cm³/mol. The Labute approximate surface area is 163 Å². The molecule has 0 radical (unpaired) electrons. The number of hydrogen-bond acceptors (Lipinski definition) is 5. The minimum absolute atomic E-state index is 0.0116. The van der Waals surface area contributed by atoms with Crippen LogP contribution in [-0.4, -0.2) is 54.2 Å². The number of alkyl carbamates (subject to hydrolysis) is 1. The van der Waals surface area contributed by atoms with E-state index in [2.05, 4.69) is 23.5 Å². The quantitative estimate of drug-likeness (QED) is 0.632. The third-order valence-corrected chi connectivity index (χ3v) is 5.02. The van der Waals surface area contributed by atoms with Gasteiger partial charge in [-0.3, -0.25) is 0 Å². The highest BCUT2D eigenvalue weighted by Crippen LogP contribution is 2.49. The number of amides is 1. The van der Waals surface area contributed by atoms with Gasteiger partial charge in [-0.25, -0.2) is 9.59 Å². The number of carbonyl (C=O) groups is 2. The number of allylic oxidation sites excluding steroid dienone is 4. The highest BCUT2D eigenvalue weighted by Gasteiger charge is 2.39. The molecule has 7 heteroatoms. The Kier molecular flexibility index (Phi) is 6.49. The Balaban J connectivity index is 1.58. The third-order valence-electron chi connectivity index (χ3n) is 5.02. The van der Waals surface area contributed by atoms with Crippen LogP contribution in [0.4, 0.5) is 4.79 Å². The summed E-state index contributed by atoms with van der Waals surface area (Å²) >= 11 is 0. The van der Waals surface area contributed by atoms with E-state index in [1.165, 1.54) is 12.5 Å². The molecule has 0 saturated carbocycles. The van der Waals surface area contributed by atoms with Crippen LogP contribution >= 0.6 is 0 Å². The van der Waals surface area contributed by atoms with Crippen LogP contribution in [0.2, 0.25) is 0 Å². The van der Waals surface area contributed by atoms with Gasteiger partial charge in [0.15, 0.2) is 6.04 Å². The van der Waals surface area contributed by atoms with Gasteiger partial charge in [0.1, 0.15) is 6.61 Å². The third kappa shape index (κ3) is 4.61. The second-order valence-electron chi connectivity index (χ2n) is 7.13. The van der Waals surface area contributed by atoms with Gasteiger partial charge in [-0.05, 0) is 24.0 Å². The molecule has 5 atom stereocenters. The van der Waals surface area contributed by atoms with Crippen LogP contribution < -0.4 is 5.32 Å². The van der Waals surface area contributed by atoms with Crippen molar-refractivity contribution in [3.05, 3.63) is 59.7 Å². The summed E-state index contributed by atoms with van der Waals surface area (Å²) in [5, 5.41) is 20.7. The molecule has 0 heterocycles. The normalized spacial score (nSPS) is 24.1. The van der Waals surface area contributed by atoms with Gasteiger partial charge in [-0.1, -0.05) is 48.6 Å². The highest BCUT2D eigenvalue weighted by atomic mass is 16.6. The van der Waals surface area contributed by atoms with Gasteiger partial charge in [-0.2, -0.15) is 0 Å². The first-order valence-corrected chi connectivity index (χ1v) is 9.33. The van der Waals surface area contributed by atoms with Gasteiger partial charge in [0, 0.05) is 11.8 Å². The Bertz CT molecular complexity index is 772. The number of rotatable bonds is 8. The van der Waals surface area contributed by atoms with E-state index in [-0.39, 0.29) is 37.6 Å². The molecule has 0 spiro atoms. The maximum absolute atomic E-state index is 12.2. The number of aliphatic carboxylic acids is 1. The van der Waals surface area contributed by atoms with Crippen molar-refractivity contribution in [2.24, 2.45) is 5.92 Å². The first kappa shape index (κ1) is 20.1. The Hall–Kier alpha value is -2.64. The molecule has 7 nitrogen and oxygen atoms in total. The zero-order chi connectivity index (χ0) is 20.1. The smallest absolute Gasteiger partial charge is 0.407 e. The lowest BCUT2D eigenvalue weighted by Gasteiger charge is -2.23. The van der Waals surface area contributed by atoms with Crippen molar-refractivity contribution in [3.63, 3.8) is 0 Å². The topological polar surface area (TPSA) is 105 Å². The Morgan fingerprint density at radius 3 is 2.57 bits per heavy atom. The summed E-state index contributed by atoms with van der Waals surface area (Å²) in [5.41, 5.74) is 2.38. The fraction of sp³-hybridized carbons (Fsp3) is 0.429. The second-order valence-corrected chi connectivity index (χ2v) is 7.13. The van der Waals surface area contributed by atoms with Crippen LogP contribution in [0.15, 0.2) is 48.6 Å². The summed E-state index contributed by atoms with van der Waals surface area (Å²) in [6.45, 7) is 1.42. The van der Waals surface area contributed by atoms with Crippen molar-refractivity contribution < 1.29 is 29.3 Å². The molecule has 2 aliphatic rings. The van der Waals surface area contributed by atoms with Crippen LogP contribution in [0.1, 0.15) is 29.9 Å². The molecular formula is C21H25NO6. The molecule has 0 fully saturated rings. The molecule has 1 aromatic carbocycles. The largest absolute Gasteiger partial charge is 0.480 e. The fourth-order valence-corrected chi connectivity index (χ4v) is 3.76. The molecule has 150 valence electrons. The molecular weight excluding hydrogens is 362 g/mol. The molecule has 1 amide bonds. The van der Waals surface area contributed by atoms with E-state index in [9.17, 15) is 19.8 Å². The van der Waals surface area contributed by atoms with E-state index in [0.29, 0.717) is 0 Å². The van der Waals surface area contributed by atoms with Gasteiger partial charge in [-0.15, -0.1) is 0 Å². The zero-order valence-electron chi connectivity index (χ0n) is 15.7. The highest BCUT2D eigenvalue weighted by molar-refractivity contribution is 5.80. The molecule has 0 saturated heterocycles. The van der Waals surface area contributed by atoms with Crippen LogP contribution in [0.3, 0.4) is 0 Å². The van der Waals surface area contributed by atoms with Gasteiger partial charge >= 0.3 is 12.1 Å². The Morgan fingerprint density at radius 1 is 1.14 bits per heavy atom. The van der Waals surface area contributed by atoms with Gasteiger partial charge in [0.25, 0.3) is 0 Å². The number of aliphatic hydroxyl groups is 1. The average molecular weight is 387 g/mol. The lowest BCUT2D eigenvalue weighted by atomic mass is 9.84.